The highest BCUT2D eigenvalue weighted by Crippen LogP contribution is 2.33. The fraction of sp³-hybridized carbons (Fsp3) is 0.158. The lowest BCUT2D eigenvalue weighted by Gasteiger charge is -2.12. The zero-order valence-electron chi connectivity index (χ0n) is 13.6. The van der Waals surface area contributed by atoms with Crippen LogP contribution in [0.5, 0.6) is 0 Å². The second-order valence-electron chi connectivity index (χ2n) is 5.48. The number of amides is 1. The first-order valence-corrected chi connectivity index (χ1v) is 7.39. The SMILES string of the molecule is Cc1cccc(C)c1NC(=O)/C(C#N)=C/c1ccccc1C(F)(F)F. The molecule has 0 saturated carbocycles. The highest BCUT2D eigenvalue weighted by atomic mass is 19.4. The minimum absolute atomic E-state index is 0.233. The Hall–Kier alpha value is -3.07. The molecular weight excluding hydrogens is 329 g/mol. The van der Waals surface area contributed by atoms with Gasteiger partial charge < -0.3 is 5.32 Å². The number of carbonyl (C=O) groups excluding carboxylic acids is 1. The molecule has 0 fully saturated rings. The molecule has 2 aromatic rings. The molecule has 3 nitrogen and oxygen atoms in total. The number of nitrogens with one attached hydrogen (secondary N) is 1. The summed E-state index contributed by atoms with van der Waals surface area (Å²) in [5.41, 5.74) is 0.589. The van der Waals surface area contributed by atoms with Gasteiger partial charge in [-0.05, 0) is 42.7 Å². The Labute approximate surface area is 143 Å². The number of benzene rings is 2. The molecule has 0 aromatic heterocycles. The summed E-state index contributed by atoms with van der Waals surface area (Å²) in [6.45, 7) is 3.58. The molecular formula is C19H15F3N2O. The lowest BCUT2D eigenvalue weighted by molar-refractivity contribution is -0.137. The molecule has 6 heteroatoms. The van der Waals surface area contributed by atoms with Gasteiger partial charge in [-0.2, -0.15) is 18.4 Å². The molecule has 2 rings (SSSR count). The Balaban J connectivity index is 2.39. The van der Waals surface area contributed by atoms with Crippen LogP contribution in [0.3, 0.4) is 0 Å². The summed E-state index contributed by atoms with van der Waals surface area (Å²) in [5.74, 6) is -0.753. The van der Waals surface area contributed by atoms with Crippen LogP contribution < -0.4 is 5.32 Å². The molecule has 128 valence electrons. The Morgan fingerprint density at radius 1 is 1.08 bits per heavy atom. The fourth-order valence-electron chi connectivity index (χ4n) is 2.38. The van der Waals surface area contributed by atoms with Crippen molar-refractivity contribution in [2.24, 2.45) is 0 Å². The van der Waals surface area contributed by atoms with Crippen molar-refractivity contribution >= 4 is 17.7 Å². The highest BCUT2D eigenvalue weighted by molar-refractivity contribution is 6.10. The van der Waals surface area contributed by atoms with Crippen LogP contribution in [0.15, 0.2) is 48.0 Å². The topological polar surface area (TPSA) is 52.9 Å². The molecule has 1 N–H and O–H groups in total. The van der Waals surface area contributed by atoms with E-state index >= 15 is 0 Å². The Morgan fingerprint density at radius 3 is 2.24 bits per heavy atom. The van der Waals surface area contributed by atoms with E-state index in [4.69, 9.17) is 0 Å². The number of nitrogens with zero attached hydrogens (tertiary/aromatic N) is 1. The standard InChI is InChI=1S/C19H15F3N2O/c1-12-6-5-7-13(2)17(12)24-18(25)15(11-23)10-14-8-3-4-9-16(14)19(20,21)22/h3-10H,1-2H3,(H,24,25)/b15-10+. The van der Waals surface area contributed by atoms with Crippen LogP contribution in [-0.2, 0) is 11.0 Å². The van der Waals surface area contributed by atoms with E-state index in [2.05, 4.69) is 5.32 Å². The van der Waals surface area contributed by atoms with Crippen molar-refractivity contribution in [2.75, 3.05) is 5.32 Å². The number of hydrogen-bond acceptors (Lipinski definition) is 2. The summed E-state index contributed by atoms with van der Waals surface area (Å²) in [6.07, 6.45) is -3.62. The number of rotatable bonds is 3. The van der Waals surface area contributed by atoms with Gasteiger partial charge in [0.15, 0.2) is 0 Å². The lowest BCUT2D eigenvalue weighted by atomic mass is 10.0. The summed E-state index contributed by atoms with van der Waals surface area (Å²) >= 11 is 0. The van der Waals surface area contributed by atoms with E-state index in [9.17, 15) is 23.2 Å². The van der Waals surface area contributed by atoms with Crippen LogP contribution in [0.1, 0.15) is 22.3 Å². The van der Waals surface area contributed by atoms with Gasteiger partial charge >= 0.3 is 6.18 Å². The number of halogens is 3. The Morgan fingerprint density at radius 2 is 1.68 bits per heavy atom. The minimum Gasteiger partial charge on any atom is -0.321 e. The van der Waals surface area contributed by atoms with Crippen LogP contribution in [0.2, 0.25) is 0 Å². The fourth-order valence-corrected chi connectivity index (χ4v) is 2.38. The summed E-state index contributed by atoms with van der Waals surface area (Å²) in [4.78, 5) is 12.3. The zero-order chi connectivity index (χ0) is 18.6. The molecule has 0 saturated heterocycles. The van der Waals surface area contributed by atoms with Crippen LogP contribution in [0.4, 0.5) is 18.9 Å². The third kappa shape index (κ3) is 4.27. The third-order valence-electron chi connectivity index (χ3n) is 3.65. The van der Waals surface area contributed by atoms with Crippen molar-refractivity contribution in [1.82, 2.24) is 0 Å². The molecule has 0 bridgehead atoms. The Kier molecular flexibility index (Phi) is 5.28. The van der Waals surface area contributed by atoms with Crippen molar-refractivity contribution in [2.45, 2.75) is 20.0 Å². The molecule has 0 aliphatic rings. The first kappa shape index (κ1) is 18.3. The average molecular weight is 344 g/mol. The number of anilines is 1. The average Bonchev–Trinajstić information content (AvgIpc) is 2.55. The maximum Gasteiger partial charge on any atom is 0.416 e. The second kappa shape index (κ2) is 7.22. The van der Waals surface area contributed by atoms with Gasteiger partial charge in [0.2, 0.25) is 0 Å². The highest BCUT2D eigenvalue weighted by Gasteiger charge is 2.32. The first-order valence-electron chi connectivity index (χ1n) is 7.39. The van der Waals surface area contributed by atoms with Gasteiger partial charge in [-0.3, -0.25) is 4.79 Å². The molecule has 25 heavy (non-hydrogen) atoms. The van der Waals surface area contributed by atoms with E-state index in [0.717, 1.165) is 23.3 Å². The summed E-state index contributed by atoms with van der Waals surface area (Å²) in [6, 6.07) is 11.9. The summed E-state index contributed by atoms with van der Waals surface area (Å²) < 4.78 is 39.1. The van der Waals surface area contributed by atoms with Crippen LogP contribution in [-0.4, -0.2) is 5.91 Å². The zero-order valence-corrected chi connectivity index (χ0v) is 13.6. The predicted molar refractivity (Wildman–Crippen MR) is 89.6 cm³/mol. The van der Waals surface area contributed by atoms with E-state index < -0.39 is 23.2 Å². The molecule has 2 aromatic carbocycles. The van der Waals surface area contributed by atoms with Gasteiger partial charge in [0.05, 0.1) is 5.56 Å². The molecule has 0 atom stereocenters. The van der Waals surface area contributed by atoms with Crippen molar-refractivity contribution < 1.29 is 18.0 Å². The van der Waals surface area contributed by atoms with Gasteiger partial charge in [-0.25, -0.2) is 0 Å². The molecule has 1 amide bonds. The van der Waals surface area contributed by atoms with E-state index in [1.54, 1.807) is 32.0 Å². The van der Waals surface area contributed by atoms with Gasteiger partial charge in [-0.15, -0.1) is 0 Å². The van der Waals surface area contributed by atoms with Gasteiger partial charge in [0.1, 0.15) is 11.6 Å². The maximum atomic E-state index is 13.0. The normalized spacial score (nSPS) is 11.8. The maximum absolute atomic E-state index is 13.0. The number of aryl methyl sites for hydroxylation is 2. The Bertz CT molecular complexity index is 857. The molecule has 0 spiro atoms. The summed E-state index contributed by atoms with van der Waals surface area (Å²) in [5, 5.41) is 11.8. The predicted octanol–water partition coefficient (Wildman–Crippen LogP) is 4.87. The smallest absolute Gasteiger partial charge is 0.321 e. The van der Waals surface area contributed by atoms with Crippen molar-refractivity contribution in [3.63, 3.8) is 0 Å². The first-order chi connectivity index (χ1) is 11.7. The summed E-state index contributed by atoms with van der Waals surface area (Å²) in [7, 11) is 0. The van der Waals surface area contributed by atoms with Gasteiger partial charge in [-0.1, -0.05) is 36.4 Å². The number of para-hydroxylation sites is 1. The van der Waals surface area contributed by atoms with Gasteiger partial charge in [0.25, 0.3) is 5.91 Å². The minimum atomic E-state index is -4.57. The number of hydrogen-bond donors (Lipinski definition) is 1. The van der Waals surface area contributed by atoms with E-state index in [-0.39, 0.29) is 5.56 Å². The molecule has 0 radical (unpaired) electrons. The van der Waals surface area contributed by atoms with E-state index in [1.165, 1.54) is 18.2 Å². The molecule has 0 unspecified atom stereocenters. The monoisotopic (exact) mass is 344 g/mol. The van der Waals surface area contributed by atoms with Crippen molar-refractivity contribution in [3.8, 4) is 6.07 Å². The molecule has 0 aliphatic carbocycles. The third-order valence-corrected chi connectivity index (χ3v) is 3.65. The largest absolute Gasteiger partial charge is 0.416 e. The van der Waals surface area contributed by atoms with Gasteiger partial charge in [0, 0.05) is 5.69 Å². The van der Waals surface area contributed by atoms with Crippen LogP contribution in [0.25, 0.3) is 6.08 Å². The van der Waals surface area contributed by atoms with Crippen molar-refractivity contribution in [1.29, 1.82) is 5.26 Å². The second-order valence-corrected chi connectivity index (χ2v) is 5.48. The van der Waals surface area contributed by atoms with E-state index in [1.807, 2.05) is 6.07 Å². The quantitative estimate of drug-likeness (QED) is 0.638. The van der Waals surface area contributed by atoms with Crippen molar-refractivity contribution in [3.05, 3.63) is 70.3 Å². The number of carbonyl (C=O) groups is 1. The van der Waals surface area contributed by atoms with Crippen LogP contribution >= 0.6 is 0 Å². The van der Waals surface area contributed by atoms with Crippen LogP contribution in [0, 0.1) is 25.2 Å². The lowest BCUT2D eigenvalue weighted by Crippen LogP contribution is -2.15. The number of nitriles is 1. The number of alkyl halides is 3. The molecule has 0 heterocycles. The molecule has 0 aliphatic heterocycles. The van der Waals surface area contributed by atoms with E-state index in [0.29, 0.717) is 5.69 Å².